The highest BCUT2D eigenvalue weighted by Gasteiger charge is 2.70. The van der Waals surface area contributed by atoms with Crippen LogP contribution in [0.2, 0.25) is 0 Å². The van der Waals surface area contributed by atoms with Gasteiger partial charge < -0.3 is 30.7 Å². The number of carbonyl (C=O) groups excluding carboxylic acids is 5. The molecule has 1 saturated carbocycles. The third-order valence-corrected chi connectivity index (χ3v) is 9.26. The van der Waals surface area contributed by atoms with Gasteiger partial charge in [0.15, 0.2) is 0 Å². The zero-order valence-electron chi connectivity index (χ0n) is 28.4. The van der Waals surface area contributed by atoms with E-state index in [1.165, 1.54) is 21.6 Å². The van der Waals surface area contributed by atoms with E-state index in [0.29, 0.717) is 0 Å². The van der Waals surface area contributed by atoms with Crippen molar-refractivity contribution in [1.29, 1.82) is 0 Å². The lowest BCUT2D eigenvalue weighted by atomic mass is 9.85. The fourth-order valence-electron chi connectivity index (χ4n) is 6.32. The first kappa shape index (κ1) is 38.3. The molecule has 0 spiro atoms. The number of hydrogen-bond donors (Lipinski definition) is 4. The molecule has 266 valence electrons. The lowest BCUT2D eigenvalue weighted by Crippen LogP contribution is -2.62. The molecule has 4 N–H and O–H groups in total. The maximum Gasteiger partial charge on any atom is 0.391 e. The van der Waals surface area contributed by atoms with Crippen LogP contribution < -0.4 is 26.8 Å². The van der Waals surface area contributed by atoms with Crippen LogP contribution >= 0.6 is 0 Å². The Morgan fingerprint density at radius 1 is 1.06 bits per heavy atom. The molecule has 0 radical (unpaired) electrons. The number of amides is 5. The summed E-state index contributed by atoms with van der Waals surface area (Å²) in [7, 11) is 0. The number of ketones is 1. The number of fused-ring (bicyclic) bond motifs is 1. The average molecular weight is 681 g/mol. The molecule has 0 aromatic carbocycles. The molecular weight excluding hydrogens is 633 g/mol. The smallest absolute Gasteiger partial charge is 0.346 e. The Bertz CT molecular complexity index is 1470. The van der Waals surface area contributed by atoms with Gasteiger partial charge >= 0.3 is 12.2 Å². The lowest BCUT2D eigenvalue weighted by molar-refractivity contribution is -0.155. The van der Waals surface area contributed by atoms with Crippen LogP contribution in [0, 0.1) is 28.6 Å². The van der Waals surface area contributed by atoms with Crippen LogP contribution in [0.15, 0.2) is 41.8 Å². The van der Waals surface area contributed by atoms with Gasteiger partial charge in [0.1, 0.15) is 18.1 Å². The van der Waals surface area contributed by atoms with Crippen molar-refractivity contribution in [3.8, 4) is 0 Å². The second-order valence-corrected chi connectivity index (χ2v) is 14.6. The van der Waals surface area contributed by atoms with Gasteiger partial charge in [0, 0.05) is 31.9 Å². The van der Waals surface area contributed by atoms with E-state index in [1.807, 2.05) is 27.7 Å². The van der Waals surface area contributed by atoms with Crippen LogP contribution in [0.4, 0.5) is 18.0 Å². The summed E-state index contributed by atoms with van der Waals surface area (Å²) in [5.74, 6) is -5.09. The van der Waals surface area contributed by atoms with Crippen LogP contribution in [0.5, 0.6) is 0 Å². The second kappa shape index (κ2) is 14.5. The van der Waals surface area contributed by atoms with Gasteiger partial charge in [-0.2, -0.15) is 13.2 Å². The third-order valence-electron chi connectivity index (χ3n) is 9.26. The molecule has 1 aromatic rings. The van der Waals surface area contributed by atoms with Gasteiger partial charge in [0.05, 0.1) is 12.5 Å². The summed E-state index contributed by atoms with van der Waals surface area (Å²) < 4.78 is 41.9. The van der Waals surface area contributed by atoms with Gasteiger partial charge in [-0.1, -0.05) is 60.6 Å². The lowest BCUT2D eigenvalue weighted by Gasteiger charge is -2.38. The summed E-state index contributed by atoms with van der Waals surface area (Å²) in [6.45, 7) is 16.1. The van der Waals surface area contributed by atoms with Crippen molar-refractivity contribution in [2.45, 2.75) is 91.8 Å². The summed E-state index contributed by atoms with van der Waals surface area (Å²) in [5.41, 5.74) is -1.55. The van der Waals surface area contributed by atoms with Gasteiger partial charge in [0.2, 0.25) is 17.6 Å². The van der Waals surface area contributed by atoms with Crippen LogP contribution in [0.3, 0.4) is 0 Å². The van der Waals surface area contributed by atoms with Crippen molar-refractivity contribution in [1.82, 2.24) is 30.7 Å². The van der Waals surface area contributed by atoms with Crippen molar-refractivity contribution < 1.29 is 37.1 Å². The van der Waals surface area contributed by atoms with Gasteiger partial charge in [0.25, 0.3) is 11.5 Å². The average Bonchev–Trinajstić information content (AvgIpc) is 3.28. The van der Waals surface area contributed by atoms with E-state index in [1.54, 1.807) is 39.1 Å². The maximum absolute atomic E-state index is 14.2. The number of carbonyl (C=O) groups is 5. The Morgan fingerprint density at radius 3 is 2.25 bits per heavy atom. The number of likely N-dealkylation sites (tertiary alicyclic amines) is 1. The molecule has 1 unspecified atom stereocenters. The van der Waals surface area contributed by atoms with Crippen molar-refractivity contribution in [2.24, 2.45) is 28.6 Å². The Labute approximate surface area is 278 Å². The van der Waals surface area contributed by atoms with Crippen LogP contribution in [-0.2, 0) is 25.7 Å². The second-order valence-electron chi connectivity index (χ2n) is 14.6. The highest BCUT2D eigenvalue weighted by molar-refractivity contribution is 6.38. The molecular formula is C33H47F3N6O6. The zero-order valence-corrected chi connectivity index (χ0v) is 28.4. The fraction of sp³-hybridized carbons (Fsp3) is 0.636. The Hall–Kier alpha value is -4.17. The number of rotatable bonds is 13. The molecule has 2 fully saturated rings. The predicted octanol–water partition coefficient (Wildman–Crippen LogP) is 2.38. The number of nitrogens with zero attached hydrogens (tertiary/aromatic N) is 2. The van der Waals surface area contributed by atoms with E-state index >= 15 is 0 Å². The number of pyridine rings is 1. The molecule has 15 heteroatoms. The van der Waals surface area contributed by atoms with E-state index in [9.17, 15) is 41.9 Å². The molecule has 12 nitrogen and oxygen atoms in total. The maximum atomic E-state index is 14.2. The quantitative estimate of drug-likeness (QED) is 0.185. The topological polar surface area (TPSA) is 159 Å². The number of piperidine rings is 1. The molecule has 2 aliphatic rings. The summed E-state index contributed by atoms with van der Waals surface area (Å²) in [5, 5.41) is 9.82. The van der Waals surface area contributed by atoms with Crippen molar-refractivity contribution in [3.63, 3.8) is 0 Å². The summed E-state index contributed by atoms with van der Waals surface area (Å²) in [6, 6.07) is -1.11. The minimum atomic E-state index is -4.89. The third kappa shape index (κ3) is 9.04. The Kier molecular flexibility index (Phi) is 11.6. The number of urea groups is 1. The first-order chi connectivity index (χ1) is 22.1. The molecule has 1 saturated heterocycles. The summed E-state index contributed by atoms with van der Waals surface area (Å²) >= 11 is 0. The minimum absolute atomic E-state index is 0.0983. The van der Waals surface area contributed by atoms with Gasteiger partial charge in [-0.15, -0.1) is 6.58 Å². The van der Waals surface area contributed by atoms with E-state index in [4.69, 9.17) is 0 Å². The molecule has 6 atom stereocenters. The van der Waals surface area contributed by atoms with E-state index in [-0.39, 0.29) is 37.0 Å². The van der Waals surface area contributed by atoms with Crippen molar-refractivity contribution in [2.75, 3.05) is 13.1 Å². The Morgan fingerprint density at radius 2 is 1.71 bits per heavy atom. The number of alkyl halides is 3. The Balaban J connectivity index is 1.85. The largest absolute Gasteiger partial charge is 0.391 e. The van der Waals surface area contributed by atoms with Gasteiger partial charge in [-0.3, -0.25) is 24.0 Å². The van der Waals surface area contributed by atoms with Gasteiger partial charge in [-0.25, -0.2) is 4.79 Å². The van der Waals surface area contributed by atoms with Gasteiger partial charge in [-0.05, 0) is 34.7 Å². The van der Waals surface area contributed by atoms with Crippen molar-refractivity contribution >= 4 is 29.5 Å². The summed E-state index contributed by atoms with van der Waals surface area (Å²) in [4.78, 5) is 79.8. The van der Waals surface area contributed by atoms with Crippen LogP contribution in [0.25, 0.3) is 0 Å². The fourth-order valence-corrected chi connectivity index (χ4v) is 6.32. The molecule has 3 rings (SSSR count). The number of nitrogens with one attached hydrogen (secondary N) is 4. The first-order valence-electron chi connectivity index (χ1n) is 15.9. The van der Waals surface area contributed by atoms with Crippen molar-refractivity contribution in [3.05, 3.63) is 47.4 Å². The first-order valence-corrected chi connectivity index (χ1v) is 15.9. The minimum Gasteiger partial charge on any atom is -0.346 e. The SMILES string of the molecule is C=CCNC(=O)C(=O)C(CC(F)(F)F)NC(=O)[C@@H]1[C@@H]2[C@H](CN1C(=O)[C@@H](NC(=O)N[C@H](Cn1ccccc1=O)C(C)C)C(C)(C)C)C2(C)C. The molecule has 1 aromatic heterocycles. The summed E-state index contributed by atoms with van der Waals surface area (Å²) in [6.07, 6.45) is -3.83. The van der Waals surface area contributed by atoms with E-state index < -0.39 is 83.0 Å². The molecule has 0 bridgehead atoms. The molecule has 5 amide bonds. The molecule has 2 heterocycles. The highest BCUT2D eigenvalue weighted by atomic mass is 19.4. The number of hydrogen-bond acceptors (Lipinski definition) is 6. The predicted molar refractivity (Wildman–Crippen MR) is 171 cm³/mol. The van der Waals surface area contributed by atoms with E-state index in [0.717, 1.165) is 0 Å². The van der Waals surface area contributed by atoms with Crippen LogP contribution in [-0.4, -0.2) is 82.4 Å². The zero-order chi connectivity index (χ0) is 36.4. The molecule has 1 aliphatic heterocycles. The highest BCUT2D eigenvalue weighted by Crippen LogP contribution is 2.65. The normalized spacial score (nSPS) is 21.7. The van der Waals surface area contributed by atoms with Crippen LogP contribution in [0.1, 0.15) is 54.9 Å². The number of halogens is 3. The molecule has 1 aliphatic carbocycles. The molecule has 48 heavy (non-hydrogen) atoms. The monoisotopic (exact) mass is 680 g/mol. The number of Topliss-reactive ketones (excluding diaryl/α,β-unsaturated/α-hetero) is 1. The standard InChI is InChI=1S/C33H47F3N6O6/c1-9-13-37-28(46)25(44)20(15-33(34,35)36)38-27(45)24-23-19(32(23,7)8)16-42(24)29(47)26(31(4,5)6)40-30(48)39-21(18(2)3)17-41-14-11-10-12-22(41)43/h9-12,14,18-21,23-24,26H,1,13,15-17H2,2-8H3,(H,37,46)(H,38,45)(H2,39,40,48)/t19-,20?,21+,23-,24-,26+/m0/s1. The van der Waals surface area contributed by atoms with E-state index in [2.05, 4.69) is 27.8 Å². The number of aromatic nitrogens is 1.